The smallest absolute Gasteiger partial charge is 0.295 e. The van der Waals surface area contributed by atoms with Gasteiger partial charge in [0.25, 0.3) is 17.3 Å². The Morgan fingerprint density at radius 2 is 1.61 bits per heavy atom. The van der Waals surface area contributed by atoms with Gasteiger partial charge in [-0.1, -0.05) is 23.2 Å². The Bertz CT molecular complexity index is 808. The minimum absolute atomic E-state index is 0.0510. The molecule has 0 saturated heterocycles. The summed E-state index contributed by atoms with van der Waals surface area (Å²) < 4.78 is 0. The second kappa shape index (κ2) is 6.59. The summed E-state index contributed by atoms with van der Waals surface area (Å²) >= 11 is 11.6. The maximum atomic E-state index is 12.1. The molecular weight excluding hydrogens is 349 g/mol. The number of nitro groups is 2. The summed E-state index contributed by atoms with van der Waals surface area (Å²) in [5, 5.41) is 23.9. The minimum Gasteiger partial charge on any atom is -0.315 e. The first-order valence-corrected chi connectivity index (χ1v) is 6.74. The van der Waals surface area contributed by atoms with Gasteiger partial charge >= 0.3 is 0 Å². The molecule has 23 heavy (non-hydrogen) atoms. The van der Waals surface area contributed by atoms with Crippen molar-refractivity contribution < 1.29 is 14.6 Å². The Labute approximate surface area is 138 Å². The zero-order chi connectivity index (χ0) is 17.1. The molecule has 0 spiro atoms. The maximum absolute atomic E-state index is 12.1. The van der Waals surface area contributed by atoms with Crippen LogP contribution >= 0.6 is 23.2 Å². The van der Waals surface area contributed by atoms with E-state index in [0.29, 0.717) is 0 Å². The fourth-order valence-corrected chi connectivity index (χ4v) is 2.28. The van der Waals surface area contributed by atoms with E-state index in [9.17, 15) is 25.0 Å². The van der Waals surface area contributed by atoms with E-state index in [1.54, 1.807) is 0 Å². The van der Waals surface area contributed by atoms with Gasteiger partial charge in [0.2, 0.25) is 0 Å². The highest BCUT2D eigenvalue weighted by atomic mass is 35.5. The molecule has 0 radical (unpaired) electrons. The number of hydrogen-bond donors (Lipinski definition) is 1. The molecule has 0 heterocycles. The first kappa shape index (κ1) is 16.7. The van der Waals surface area contributed by atoms with Crippen LogP contribution in [0.2, 0.25) is 10.0 Å². The molecule has 1 amide bonds. The normalized spacial score (nSPS) is 10.2. The molecule has 0 saturated carbocycles. The van der Waals surface area contributed by atoms with Crippen molar-refractivity contribution >= 4 is 46.2 Å². The van der Waals surface area contributed by atoms with Crippen molar-refractivity contribution in [3.05, 3.63) is 72.2 Å². The van der Waals surface area contributed by atoms with E-state index in [4.69, 9.17) is 23.2 Å². The van der Waals surface area contributed by atoms with Gasteiger partial charge in [0, 0.05) is 28.8 Å². The lowest BCUT2D eigenvalue weighted by atomic mass is 10.2. The summed E-state index contributed by atoms with van der Waals surface area (Å²) in [5.41, 5.74) is -0.768. The molecule has 118 valence electrons. The quantitative estimate of drug-likeness (QED) is 0.655. The highest BCUT2D eigenvalue weighted by Crippen LogP contribution is 2.35. The van der Waals surface area contributed by atoms with Gasteiger partial charge < -0.3 is 5.32 Å². The average Bonchev–Trinajstić information content (AvgIpc) is 2.49. The summed E-state index contributed by atoms with van der Waals surface area (Å²) in [7, 11) is 0. The van der Waals surface area contributed by atoms with Crippen LogP contribution in [-0.4, -0.2) is 15.8 Å². The fraction of sp³-hybridized carbons (Fsp3) is 0. The van der Waals surface area contributed by atoms with E-state index < -0.39 is 21.4 Å². The molecule has 2 rings (SSSR count). The Morgan fingerprint density at radius 1 is 1.00 bits per heavy atom. The van der Waals surface area contributed by atoms with Crippen molar-refractivity contribution in [3.8, 4) is 0 Å². The van der Waals surface area contributed by atoms with Gasteiger partial charge in [0.15, 0.2) is 0 Å². The van der Waals surface area contributed by atoms with E-state index in [-0.39, 0.29) is 27.0 Å². The molecule has 0 aliphatic carbocycles. The van der Waals surface area contributed by atoms with Crippen molar-refractivity contribution in [1.82, 2.24) is 0 Å². The lowest BCUT2D eigenvalue weighted by molar-refractivity contribution is -0.384. The molecule has 0 aliphatic rings. The van der Waals surface area contributed by atoms with E-state index in [0.717, 1.165) is 18.2 Å². The van der Waals surface area contributed by atoms with Crippen LogP contribution in [0.1, 0.15) is 10.4 Å². The summed E-state index contributed by atoms with van der Waals surface area (Å²) in [4.78, 5) is 32.4. The average molecular weight is 356 g/mol. The number of halogens is 2. The number of nitrogens with zero attached hydrogens (tertiary/aromatic N) is 2. The van der Waals surface area contributed by atoms with Crippen LogP contribution in [0.5, 0.6) is 0 Å². The van der Waals surface area contributed by atoms with Crippen LogP contribution in [0.4, 0.5) is 17.1 Å². The van der Waals surface area contributed by atoms with Crippen molar-refractivity contribution in [2.24, 2.45) is 0 Å². The predicted octanol–water partition coefficient (Wildman–Crippen LogP) is 4.06. The Hall–Kier alpha value is -2.71. The van der Waals surface area contributed by atoms with Crippen molar-refractivity contribution in [2.45, 2.75) is 0 Å². The standard InChI is InChI=1S/C13H7Cl2N3O5/c14-8-5-10(15)12(11(6-8)18(22)23)16-13(19)7-1-3-9(4-2-7)17(20)21/h1-6H,(H,16,19). The molecular formula is C13H7Cl2N3O5. The number of non-ortho nitro benzene ring substituents is 1. The van der Waals surface area contributed by atoms with Gasteiger partial charge in [-0.05, 0) is 18.2 Å². The summed E-state index contributed by atoms with van der Waals surface area (Å²) in [6, 6.07) is 7.05. The van der Waals surface area contributed by atoms with Crippen LogP contribution in [0.3, 0.4) is 0 Å². The summed E-state index contributed by atoms with van der Waals surface area (Å²) in [5.74, 6) is -0.702. The van der Waals surface area contributed by atoms with E-state index in [2.05, 4.69) is 5.32 Å². The third-order valence-electron chi connectivity index (χ3n) is 2.81. The van der Waals surface area contributed by atoms with E-state index in [1.807, 2.05) is 0 Å². The number of carbonyl (C=O) groups excluding carboxylic acids is 1. The molecule has 0 fully saturated rings. The summed E-state index contributed by atoms with van der Waals surface area (Å²) in [6.07, 6.45) is 0. The predicted molar refractivity (Wildman–Crippen MR) is 84.2 cm³/mol. The largest absolute Gasteiger partial charge is 0.315 e. The van der Waals surface area contributed by atoms with Crippen LogP contribution in [0, 0.1) is 20.2 Å². The monoisotopic (exact) mass is 355 g/mol. The van der Waals surface area contributed by atoms with Crippen molar-refractivity contribution in [1.29, 1.82) is 0 Å². The van der Waals surface area contributed by atoms with Crippen LogP contribution in [0.15, 0.2) is 36.4 Å². The Morgan fingerprint density at radius 3 is 2.13 bits per heavy atom. The number of hydrogen-bond acceptors (Lipinski definition) is 5. The molecule has 8 nitrogen and oxygen atoms in total. The van der Waals surface area contributed by atoms with Gasteiger partial charge in [0.1, 0.15) is 5.69 Å². The number of benzene rings is 2. The number of rotatable bonds is 4. The molecule has 10 heteroatoms. The lowest BCUT2D eigenvalue weighted by Gasteiger charge is -2.08. The van der Waals surface area contributed by atoms with E-state index in [1.165, 1.54) is 18.2 Å². The van der Waals surface area contributed by atoms with Gasteiger partial charge in [-0.2, -0.15) is 0 Å². The van der Waals surface area contributed by atoms with Gasteiger partial charge in [-0.3, -0.25) is 25.0 Å². The third-order valence-corrected chi connectivity index (χ3v) is 3.33. The van der Waals surface area contributed by atoms with Crippen molar-refractivity contribution in [3.63, 3.8) is 0 Å². The summed E-state index contributed by atoms with van der Waals surface area (Å²) in [6.45, 7) is 0. The first-order valence-electron chi connectivity index (χ1n) is 5.99. The van der Waals surface area contributed by atoms with Crippen LogP contribution in [0.25, 0.3) is 0 Å². The maximum Gasteiger partial charge on any atom is 0.295 e. The third kappa shape index (κ3) is 3.74. The molecule has 0 atom stereocenters. The highest BCUT2D eigenvalue weighted by molar-refractivity contribution is 6.37. The van der Waals surface area contributed by atoms with Gasteiger partial charge in [-0.25, -0.2) is 0 Å². The van der Waals surface area contributed by atoms with Crippen LogP contribution < -0.4 is 5.32 Å². The minimum atomic E-state index is -0.733. The molecule has 2 aromatic rings. The van der Waals surface area contributed by atoms with Crippen LogP contribution in [-0.2, 0) is 0 Å². The van der Waals surface area contributed by atoms with Gasteiger partial charge in [-0.15, -0.1) is 0 Å². The lowest BCUT2D eigenvalue weighted by Crippen LogP contribution is -2.13. The topological polar surface area (TPSA) is 115 Å². The molecule has 0 aliphatic heterocycles. The van der Waals surface area contributed by atoms with E-state index >= 15 is 0 Å². The van der Waals surface area contributed by atoms with Gasteiger partial charge in [0.05, 0.1) is 14.9 Å². The Kier molecular flexibility index (Phi) is 4.77. The number of carbonyl (C=O) groups is 1. The zero-order valence-electron chi connectivity index (χ0n) is 11.2. The molecule has 1 N–H and O–H groups in total. The Balaban J connectivity index is 2.33. The molecule has 0 bridgehead atoms. The number of nitrogens with one attached hydrogen (secondary N) is 1. The highest BCUT2D eigenvalue weighted by Gasteiger charge is 2.21. The second-order valence-electron chi connectivity index (χ2n) is 4.30. The molecule has 0 aromatic heterocycles. The SMILES string of the molecule is O=C(Nc1c(Cl)cc(Cl)cc1[N+](=O)[O-])c1ccc([N+](=O)[O-])cc1. The number of nitro benzene ring substituents is 2. The molecule has 0 unspecified atom stereocenters. The molecule has 2 aromatic carbocycles. The van der Waals surface area contributed by atoms with Crippen molar-refractivity contribution in [2.75, 3.05) is 5.32 Å². The fourth-order valence-electron chi connectivity index (χ4n) is 1.75. The second-order valence-corrected chi connectivity index (χ2v) is 5.14. The number of anilines is 1. The zero-order valence-corrected chi connectivity index (χ0v) is 12.7. The number of amides is 1. The first-order chi connectivity index (χ1) is 10.8.